The average molecular weight is 608 g/mol. The molecule has 2 aliphatic heterocycles. The molecule has 2 saturated heterocycles. The predicted molar refractivity (Wildman–Crippen MR) is 144 cm³/mol. The number of rotatable bonds is 19. The Bertz CT molecular complexity index is 668. The molecule has 14 nitrogen and oxygen atoms in total. The Balaban J connectivity index is 0.000000635. The van der Waals surface area contributed by atoms with E-state index in [1.807, 2.05) is 0 Å². The van der Waals surface area contributed by atoms with Crippen LogP contribution < -0.4 is 0 Å². The van der Waals surface area contributed by atoms with E-state index in [1.54, 1.807) is 0 Å². The normalized spacial score (nSPS) is 19.2. The van der Waals surface area contributed by atoms with Crippen LogP contribution in [-0.4, -0.2) is 125 Å². The van der Waals surface area contributed by atoms with Crippen LogP contribution in [0.5, 0.6) is 0 Å². The van der Waals surface area contributed by atoms with E-state index in [4.69, 9.17) is 48.5 Å². The summed E-state index contributed by atoms with van der Waals surface area (Å²) in [5.41, 5.74) is 8.03. The third-order valence-electron chi connectivity index (χ3n) is 4.72. The highest BCUT2D eigenvalue weighted by molar-refractivity contribution is 8.13. The molecule has 2 aliphatic rings. The van der Waals surface area contributed by atoms with E-state index in [2.05, 4.69) is 20.7 Å². The van der Waals surface area contributed by atoms with Crippen molar-refractivity contribution in [2.24, 2.45) is 5.11 Å². The van der Waals surface area contributed by atoms with Crippen molar-refractivity contribution in [2.45, 2.75) is 51.1 Å². The summed E-state index contributed by atoms with van der Waals surface area (Å²) >= 11 is 0. The second kappa shape index (κ2) is 28.7. The van der Waals surface area contributed by atoms with Gasteiger partial charge in [-0.3, -0.25) is 0 Å². The molecule has 0 saturated carbocycles. The maximum absolute atomic E-state index is 9.40. The molecule has 2 fully saturated rings. The predicted octanol–water partition coefficient (Wildman–Crippen LogP) is 2.61. The molecule has 39 heavy (non-hydrogen) atoms. The van der Waals surface area contributed by atoms with Crippen molar-refractivity contribution in [3.63, 3.8) is 0 Å². The van der Waals surface area contributed by atoms with Gasteiger partial charge in [0.25, 0.3) is 0 Å². The first-order valence-electron chi connectivity index (χ1n) is 13.2. The highest BCUT2D eigenvalue weighted by Crippen LogP contribution is 2.14. The van der Waals surface area contributed by atoms with E-state index in [0.29, 0.717) is 72.6 Å². The molecule has 0 aromatic heterocycles. The molecule has 2 atom stereocenters. The summed E-state index contributed by atoms with van der Waals surface area (Å²) in [7, 11) is 1.31. The van der Waals surface area contributed by atoms with E-state index >= 15 is 0 Å². The van der Waals surface area contributed by atoms with Crippen molar-refractivity contribution >= 4 is 19.7 Å². The van der Waals surface area contributed by atoms with Crippen molar-refractivity contribution in [3.05, 3.63) is 10.4 Å². The molecule has 2 rings (SSSR count). The molecule has 0 radical (unpaired) electrons. The standard InChI is InChI=1S/C11H21N3O4.C11H22O5.CH3ClO2S/c12-14-13-4-6-15-7-8-16-9-10-18-11-3-1-2-5-17-11;12-4-6-13-7-8-14-9-10-16-11-3-1-2-5-15-11;1-5(2,3)4/h11H,1-10H2;11-12H,1-10H2;1H3. The number of halogens is 1. The first-order valence-corrected chi connectivity index (χ1v) is 15.9. The number of azide groups is 1. The first-order chi connectivity index (χ1) is 18.9. The van der Waals surface area contributed by atoms with Crippen LogP contribution >= 0.6 is 10.7 Å². The summed E-state index contributed by atoms with van der Waals surface area (Å²) in [5.74, 6) is 0. The molecular weight excluding hydrogens is 562 g/mol. The number of nitrogens with zero attached hydrogens (tertiary/aromatic N) is 3. The van der Waals surface area contributed by atoms with Crippen molar-refractivity contribution in [1.82, 2.24) is 0 Å². The van der Waals surface area contributed by atoms with Crippen LogP contribution in [-0.2, 0) is 46.9 Å². The van der Waals surface area contributed by atoms with Crippen LogP contribution in [0, 0.1) is 0 Å². The lowest BCUT2D eigenvalue weighted by Gasteiger charge is -2.22. The largest absolute Gasteiger partial charge is 0.394 e. The zero-order valence-electron chi connectivity index (χ0n) is 23.0. The van der Waals surface area contributed by atoms with Crippen molar-refractivity contribution < 1.29 is 51.4 Å². The topological polar surface area (TPSA) is 177 Å². The number of ether oxygens (including phenoxy) is 8. The smallest absolute Gasteiger partial charge is 0.229 e. The summed E-state index contributed by atoms with van der Waals surface area (Å²) in [6.45, 7) is 7.10. The Labute approximate surface area is 236 Å². The molecular formula is C23H46ClN3O11S. The van der Waals surface area contributed by atoms with Crippen LogP contribution in [0.15, 0.2) is 5.11 Å². The Morgan fingerprint density at radius 2 is 1.21 bits per heavy atom. The lowest BCUT2D eigenvalue weighted by atomic mass is 10.2. The maximum Gasteiger partial charge on any atom is 0.229 e. The Morgan fingerprint density at radius 3 is 1.59 bits per heavy atom. The molecule has 232 valence electrons. The van der Waals surface area contributed by atoms with E-state index in [1.165, 1.54) is 12.8 Å². The molecule has 2 unspecified atom stereocenters. The highest BCUT2D eigenvalue weighted by atomic mass is 35.7. The molecule has 2 heterocycles. The summed E-state index contributed by atoms with van der Waals surface area (Å²) in [6.07, 6.45) is 7.41. The third kappa shape index (κ3) is 33.3. The van der Waals surface area contributed by atoms with Crippen LogP contribution in [0.2, 0.25) is 0 Å². The van der Waals surface area contributed by atoms with Gasteiger partial charge in [0.15, 0.2) is 12.6 Å². The molecule has 0 aromatic carbocycles. The molecule has 1 N–H and O–H groups in total. The second-order valence-corrected chi connectivity index (χ2v) is 11.2. The number of hydrogen-bond donors (Lipinski definition) is 1. The monoisotopic (exact) mass is 607 g/mol. The van der Waals surface area contributed by atoms with Gasteiger partial charge < -0.3 is 43.0 Å². The van der Waals surface area contributed by atoms with Gasteiger partial charge in [0.2, 0.25) is 9.05 Å². The molecule has 0 bridgehead atoms. The van der Waals surface area contributed by atoms with Crippen molar-refractivity contribution in [3.8, 4) is 0 Å². The average Bonchev–Trinajstić information content (AvgIpc) is 2.92. The first kappa shape index (κ1) is 38.2. The fraction of sp³-hybridized carbons (Fsp3) is 1.00. The quantitative estimate of drug-likeness (QED) is 0.0750. The van der Waals surface area contributed by atoms with Gasteiger partial charge in [-0.05, 0) is 44.1 Å². The van der Waals surface area contributed by atoms with E-state index in [0.717, 1.165) is 45.2 Å². The van der Waals surface area contributed by atoms with Crippen molar-refractivity contribution in [1.29, 1.82) is 0 Å². The fourth-order valence-electron chi connectivity index (χ4n) is 3.02. The van der Waals surface area contributed by atoms with E-state index in [-0.39, 0.29) is 19.2 Å². The minimum absolute atomic E-state index is 0.0389. The van der Waals surface area contributed by atoms with Gasteiger partial charge in [0.05, 0.1) is 78.9 Å². The lowest BCUT2D eigenvalue weighted by Crippen LogP contribution is -2.24. The van der Waals surface area contributed by atoms with Gasteiger partial charge >= 0.3 is 0 Å². The van der Waals surface area contributed by atoms with Crippen molar-refractivity contribution in [2.75, 3.05) is 98.7 Å². The van der Waals surface area contributed by atoms with Gasteiger partial charge in [-0.15, -0.1) is 0 Å². The summed E-state index contributed by atoms with van der Waals surface area (Å²) in [4.78, 5) is 2.62. The Hall–Kier alpha value is -0.810. The Morgan fingerprint density at radius 1 is 0.795 bits per heavy atom. The van der Waals surface area contributed by atoms with Crippen LogP contribution in [0.4, 0.5) is 0 Å². The van der Waals surface area contributed by atoms with E-state index < -0.39 is 9.05 Å². The molecule has 16 heteroatoms. The zero-order chi connectivity index (χ0) is 28.9. The highest BCUT2D eigenvalue weighted by Gasteiger charge is 2.14. The Kier molecular flexibility index (Phi) is 28.1. The minimum atomic E-state index is -3.19. The van der Waals surface area contributed by atoms with Gasteiger partial charge in [-0.2, -0.15) is 0 Å². The van der Waals surface area contributed by atoms with Gasteiger partial charge in [-0.25, -0.2) is 8.42 Å². The molecule has 0 aliphatic carbocycles. The summed E-state index contributed by atoms with van der Waals surface area (Å²) < 4.78 is 61.4. The SMILES string of the molecule is CS(=O)(=O)Cl.OCCOCCOCCOC1CCCCO1.[N-]=[N+]=NCCOCCOCCOC1CCCCO1. The van der Waals surface area contributed by atoms with Crippen LogP contribution in [0.1, 0.15) is 38.5 Å². The zero-order valence-corrected chi connectivity index (χ0v) is 24.5. The summed E-state index contributed by atoms with van der Waals surface area (Å²) in [6, 6.07) is 0. The molecule has 0 spiro atoms. The number of aliphatic hydroxyl groups is 1. The molecule has 0 aromatic rings. The minimum Gasteiger partial charge on any atom is -0.394 e. The van der Waals surface area contributed by atoms with Gasteiger partial charge in [0, 0.05) is 35.4 Å². The van der Waals surface area contributed by atoms with Crippen LogP contribution in [0.25, 0.3) is 10.4 Å². The van der Waals surface area contributed by atoms with Gasteiger partial charge in [-0.1, -0.05) is 5.11 Å². The molecule has 0 amide bonds. The lowest BCUT2D eigenvalue weighted by molar-refractivity contribution is -0.169. The number of hydrogen-bond acceptors (Lipinski definition) is 12. The fourth-order valence-corrected chi connectivity index (χ4v) is 3.02. The number of aliphatic hydroxyl groups excluding tert-OH is 1. The second-order valence-electron chi connectivity index (χ2n) is 8.14. The van der Waals surface area contributed by atoms with E-state index in [9.17, 15) is 8.42 Å². The summed E-state index contributed by atoms with van der Waals surface area (Å²) in [5, 5.41) is 11.8. The third-order valence-corrected chi connectivity index (χ3v) is 4.72. The van der Waals surface area contributed by atoms with Gasteiger partial charge in [0.1, 0.15) is 0 Å². The maximum atomic E-state index is 9.40. The van der Waals surface area contributed by atoms with Crippen LogP contribution in [0.3, 0.4) is 0 Å².